The zero-order valence-corrected chi connectivity index (χ0v) is 13.5. The summed E-state index contributed by atoms with van der Waals surface area (Å²) in [6.45, 7) is 0. The molecule has 0 aliphatic rings. The fraction of sp³-hybridized carbons (Fsp3) is 0.316. The van der Waals surface area contributed by atoms with Crippen molar-refractivity contribution in [3.05, 3.63) is 65.7 Å². The van der Waals surface area contributed by atoms with Crippen LogP contribution in [0, 0.1) is 5.92 Å². The number of carbonyl (C=O) groups excluding carboxylic acids is 1. The van der Waals surface area contributed by atoms with Crippen LogP contribution in [0.25, 0.3) is 0 Å². The number of aromatic hydroxyl groups is 1. The van der Waals surface area contributed by atoms with E-state index in [1.807, 2.05) is 30.3 Å². The molecule has 0 radical (unpaired) electrons. The number of rotatable bonds is 8. The van der Waals surface area contributed by atoms with E-state index >= 15 is 0 Å². The number of carbonyl (C=O) groups is 1. The van der Waals surface area contributed by atoms with E-state index in [2.05, 4.69) is 0 Å². The molecule has 0 aromatic heterocycles. The maximum Gasteiger partial charge on any atom is 0.220 e. The van der Waals surface area contributed by atoms with Gasteiger partial charge in [-0.05, 0) is 36.5 Å². The molecule has 2 aromatic carbocycles. The lowest BCUT2D eigenvalue weighted by Crippen LogP contribution is -2.40. The van der Waals surface area contributed by atoms with Crippen LogP contribution < -0.4 is 11.5 Å². The Balaban J connectivity index is 1.99. The van der Waals surface area contributed by atoms with Crippen molar-refractivity contribution in [1.29, 1.82) is 0 Å². The molecule has 24 heavy (non-hydrogen) atoms. The van der Waals surface area contributed by atoms with Gasteiger partial charge in [-0.3, -0.25) is 4.79 Å². The molecule has 2 rings (SSSR count). The molecule has 128 valence electrons. The van der Waals surface area contributed by atoms with Gasteiger partial charge in [-0.2, -0.15) is 0 Å². The first-order valence-corrected chi connectivity index (χ1v) is 8.01. The maximum absolute atomic E-state index is 11.7. The highest BCUT2D eigenvalue weighted by Crippen LogP contribution is 2.22. The average Bonchev–Trinajstić information content (AvgIpc) is 2.56. The van der Waals surface area contributed by atoms with Crippen molar-refractivity contribution < 1.29 is 15.0 Å². The number of aliphatic hydroxyl groups is 1. The van der Waals surface area contributed by atoms with Gasteiger partial charge in [0.25, 0.3) is 0 Å². The van der Waals surface area contributed by atoms with Crippen LogP contribution in [0.4, 0.5) is 0 Å². The third kappa shape index (κ3) is 5.08. The van der Waals surface area contributed by atoms with E-state index in [4.69, 9.17) is 11.5 Å². The summed E-state index contributed by atoms with van der Waals surface area (Å²) in [6.07, 6.45) is 0.104. The normalized spacial score (nSPS) is 14.8. The number of benzene rings is 2. The van der Waals surface area contributed by atoms with Gasteiger partial charge >= 0.3 is 0 Å². The van der Waals surface area contributed by atoms with Gasteiger partial charge in [-0.1, -0.05) is 48.5 Å². The Morgan fingerprint density at radius 3 is 2.25 bits per heavy atom. The van der Waals surface area contributed by atoms with Crippen LogP contribution in [0.2, 0.25) is 0 Å². The fourth-order valence-corrected chi connectivity index (χ4v) is 2.74. The van der Waals surface area contributed by atoms with E-state index in [0.29, 0.717) is 12.0 Å². The molecular formula is C19H24N2O3. The van der Waals surface area contributed by atoms with Crippen molar-refractivity contribution in [1.82, 2.24) is 0 Å². The Labute approximate surface area is 141 Å². The average molecular weight is 328 g/mol. The van der Waals surface area contributed by atoms with Crippen LogP contribution in [-0.4, -0.2) is 28.3 Å². The first-order valence-electron chi connectivity index (χ1n) is 8.01. The molecule has 0 heterocycles. The summed E-state index contributed by atoms with van der Waals surface area (Å²) in [5.74, 6) is -0.980. The lowest BCUT2D eigenvalue weighted by Gasteiger charge is -2.23. The number of phenols is 1. The van der Waals surface area contributed by atoms with Gasteiger partial charge in [-0.25, -0.2) is 0 Å². The number of hydrogen-bond donors (Lipinski definition) is 4. The molecule has 3 unspecified atom stereocenters. The second kappa shape index (κ2) is 8.47. The van der Waals surface area contributed by atoms with Crippen LogP contribution in [0.1, 0.15) is 17.5 Å². The Kier molecular flexibility index (Phi) is 6.35. The molecule has 3 atom stereocenters. The smallest absolute Gasteiger partial charge is 0.220 e. The highest BCUT2D eigenvalue weighted by atomic mass is 16.3. The molecule has 0 saturated carbocycles. The lowest BCUT2D eigenvalue weighted by molar-refractivity contribution is -0.122. The maximum atomic E-state index is 11.7. The van der Waals surface area contributed by atoms with Crippen LogP contribution >= 0.6 is 0 Å². The predicted octanol–water partition coefficient (Wildman–Crippen LogP) is 1.36. The zero-order valence-electron chi connectivity index (χ0n) is 13.5. The highest BCUT2D eigenvalue weighted by molar-refractivity contribution is 5.77. The summed E-state index contributed by atoms with van der Waals surface area (Å²) >= 11 is 0. The van der Waals surface area contributed by atoms with Crippen LogP contribution in [0.3, 0.4) is 0 Å². The summed E-state index contributed by atoms with van der Waals surface area (Å²) in [7, 11) is 0. The van der Waals surface area contributed by atoms with Crippen molar-refractivity contribution in [2.75, 3.05) is 0 Å². The van der Waals surface area contributed by atoms with E-state index in [1.54, 1.807) is 24.3 Å². The molecule has 0 saturated heterocycles. The third-order valence-electron chi connectivity index (χ3n) is 4.19. The second-order valence-corrected chi connectivity index (χ2v) is 6.09. The first kappa shape index (κ1) is 18.0. The van der Waals surface area contributed by atoms with Crippen molar-refractivity contribution in [3.8, 4) is 5.75 Å². The molecule has 0 aliphatic carbocycles. The van der Waals surface area contributed by atoms with Crippen LogP contribution in [0.5, 0.6) is 5.75 Å². The Hall–Kier alpha value is -2.37. The van der Waals surface area contributed by atoms with Gasteiger partial charge in [-0.15, -0.1) is 0 Å². The largest absolute Gasteiger partial charge is 0.508 e. The number of amides is 1. The SMILES string of the molecule is NC(=O)C(Cc1ccccc1O)CC(O)C(N)Cc1ccccc1. The monoisotopic (exact) mass is 328 g/mol. The number of phenolic OH excluding ortho intramolecular Hbond substituents is 1. The summed E-state index contributed by atoms with van der Waals surface area (Å²) in [4.78, 5) is 11.7. The van der Waals surface area contributed by atoms with E-state index in [-0.39, 0.29) is 18.6 Å². The molecule has 0 aliphatic heterocycles. The molecule has 6 N–H and O–H groups in total. The van der Waals surface area contributed by atoms with Crippen LogP contribution in [-0.2, 0) is 17.6 Å². The fourth-order valence-electron chi connectivity index (χ4n) is 2.74. The molecule has 0 fully saturated rings. The molecular weight excluding hydrogens is 304 g/mol. The Morgan fingerprint density at radius 1 is 1.00 bits per heavy atom. The summed E-state index contributed by atoms with van der Waals surface area (Å²) in [5, 5.41) is 20.2. The Bertz CT molecular complexity index is 661. The zero-order chi connectivity index (χ0) is 17.5. The minimum absolute atomic E-state index is 0.117. The summed E-state index contributed by atoms with van der Waals surface area (Å²) < 4.78 is 0. The quantitative estimate of drug-likeness (QED) is 0.586. The number of primary amides is 1. The third-order valence-corrected chi connectivity index (χ3v) is 4.19. The van der Waals surface area contributed by atoms with E-state index in [1.165, 1.54) is 0 Å². The number of aliphatic hydroxyl groups excluding tert-OH is 1. The minimum atomic E-state index is -0.853. The van der Waals surface area contributed by atoms with Crippen molar-refractivity contribution in [2.24, 2.45) is 17.4 Å². The van der Waals surface area contributed by atoms with E-state index < -0.39 is 24.0 Å². The minimum Gasteiger partial charge on any atom is -0.508 e. The molecule has 0 bridgehead atoms. The van der Waals surface area contributed by atoms with Gasteiger partial charge in [0, 0.05) is 12.0 Å². The van der Waals surface area contributed by atoms with Crippen molar-refractivity contribution in [2.45, 2.75) is 31.4 Å². The number of para-hydroxylation sites is 1. The summed E-state index contributed by atoms with van der Waals surface area (Å²) in [6, 6.07) is 15.9. The molecule has 5 nitrogen and oxygen atoms in total. The number of hydrogen-bond acceptors (Lipinski definition) is 4. The standard InChI is InChI=1S/C19H24N2O3/c20-16(10-13-6-2-1-3-7-13)18(23)12-15(19(21)24)11-14-8-4-5-9-17(14)22/h1-9,15-16,18,22-23H,10-12,20H2,(H2,21,24). The number of nitrogens with two attached hydrogens (primary N) is 2. The molecule has 2 aromatic rings. The molecule has 0 spiro atoms. The van der Waals surface area contributed by atoms with Crippen LogP contribution in [0.15, 0.2) is 54.6 Å². The van der Waals surface area contributed by atoms with Gasteiger partial charge in [0.2, 0.25) is 5.91 Å². The van der Waals surface area contributed by atoms with Gasteiger partial charge in [0.1, 0.15) is 5.75 Å². The van der Waals surface area contributed by atoms with E-state index in [9.17, 15) is 15.0 Å². The summed E-state index contributed by atoms with van der Waals surface area (Å²) in [5.41, 5.74) is 13.2. The molecule has 5 heteroatoms. The van der Waals surface area contributed by atoms with Gasteiger partial charge in [0.05, 0.1) is 6.10 Å². The van der Waals surface area contributed by atoms with Crippen molar-refractivity contribution in [3.63, 3.8) is 0 Å². The van der Waals surface area contributed by atoms with Gasteiger partial charge < -0.3 is 21.7 Å². The van der Waals surface area contributed by atoms with E-state index in [0.717, 1.165) is 5.56 Å². The molecule has 1 amide bonds. The lowest BCUT2D eigenvalue weighted by atomic mass is 9.89. The Morgan fingerprint density at radius 2 is 1.62 bits per heavy atom. The highest BCUT2D eigenvalue weighted by Gasteiger charge is 2.25. The van der Waals surface area contributed by atoms with Crippen molar-refractivity contribution >= 4 is 5.91 Å². The van der Waals surface area contributed by atoms with Gasteiger partial charge in [0.15, 0.2) is 0 Å². The topological polar surface area (TPSA) is 110 Å². The first-order chi connectivity index (χ1) is 11.5. The second-order valence-electron chi connectivity index (χ2n) is 6.09. The predicted molar refractivity (Wildman–Crippen MR) is 93.2 cm³/mol.